The van der Waals surface area contributed by atoms with Gasteiger partial charge in [-0.3, -0.25) is 0 Å². The number of sulfonamides is 1. The van der Waals surface area contributed by atoms with Crippen molar-refractivity contribution in [3.63, 3.8) is 0 Å². The van der Waals surface area contributed by atoms with Gasteiger partial charge in [0.05, 0.1) is 24.2 Å². The van der Waals surface area contributed by atoms with Crippen LogP contribution in [0.25, 0.3) is 0 Å². The maximum absolute atomic E-state index is 12.6. The highest BCUT2D eigenvalue weighted by molar-refractivity contribution is 7.89. The van der Waals surface area contributed by atoms with Crippen molar-refractivity contribution in [1.29, 1.82) is 0 Å². The first-order valence-corrected chi connectivity index (χ1v) is 10.2. The van der Waals surface area contributed by atoms with Crippen LogP contribution in [0.1, 0.15) is 12.8 Å². The van der Waals surface area contributed by atoms with Gasteiger partial charge in [0.15, 0.2) is 5.11 Å². The molecule has 25 heavy (non-hydrogen) atoms. The van der Waals surface area contributed by atoms with Crippen LogP contribution >= 0.6 is 12.2 Å². The quantitative estimate of drug-likeness (QED) is 0.737. The van der Waals surface area contributed by atoms with E-state index in [0.717, 1.165) is 25.1 Å². The van der Waals surface area contributed by atoms with Crippen molar-refractivity contribution in [3.8, 4) is 0 Å². The molecule has 0 spiro atoms. The van der Waals surface area contributed by atoms with Crippen molar-refractivity contribution in [2.75, 3.05) is 44.8 Å². The zero-order valence-electron chi connectivity index (χ0n) is 13.9. The van der Waals surface area contributed by atoms with E-state index in [1.807, 2.05) is 0 Å². The largest absolute Gasteiger partial charge is 0.379 e. The van der Waals surface area contributed by atoms with Crippen LogP contribution in [0, 0.1) is 0 Å². The van der Waals surface area contributed by atoms with E-state index < -0.39 is 10.0 Å². The van der Waals surface area contributed by atoms with E-state index in [1.165, 1.54) is 4.31 Å². The van der Waals surface area contributed by atoms with E-state index in [0.29, 0.717) is 38.0 Å². The van der Waals surface area contributed by atoms with Crippen LogP contribution in [0.15, 0.2) is 29.2 Å². The minimum absolute atomic E-state index is 0.209. The molecule has 2 aliphatic rings. The first-order chi connectivity index (χ1) is 12.1. The van der Waals surface area contributed by atoms with Crippen molar-refractivity contribution in [2.24, 2.45) is 0 Å². The molecular weight excluding hydrogens is 362 g/mol. The van der Waals surface area contributed by atoms with E-state index in [9.17, 15) is 8.42 Å². The fraction of sp³-hybridized carbons (Fsp3) is 0.562. The molecule has 2 N–H and O–H groups in total. The zero-order chi connectivity index (χ0) is 17.7. The minimum Gasteiger partial charge on any atom is -0.379 e. The number of anilines is 1. The van der Waals surface area contributed by atoms with Crippen molar-refractivity contribution < 1.29 is 17.9 Å². The lowest BCUT2D eigenvalue weighted by atomic mass is 10.2. The van der Waals surface area contributed by atoms with Gasteiger partial charge in [0, 0.05) is 31.9 Å². The molecule has 9 heteroatoms. The summed E-state index contributed by atoms with van der Waals surface area (Å²) in [4.78, 5) is 0.276. The molecule has 0 amide bonds. The van der Waals surface area contributed by atoms with E-state index in [2.05, 4.69) is 10.6 Å². The molecule has 2 heterocycles. The fourth-order valence-corrected chi connectivity index (χ4v) is 4.44. The molecule has 0 aromatic heterocycles. The second-order valence-corrected chi connectivity index (χ2v) is 8.36. The lowest BCUT2D eigenvalue weighted by molar-refractivity contribution is 0.0730. The zero-order valence-corrected chi connectivity index (χ0v) is 15.6. The maximum atomic E-state index is 12.6. The number of morpholine rings is 1. The highest BCUT2D eigenvalue weighted by Crippen LogP contribution is 2.19. The molecular formula is C16H23N3O4S2. The van der Waals surface area contributed by atoms with Crippen molar-refractivity contribution in [3.05, 3.63) is 24.3 Å². The van der Waals surface area contributed by atoms with Crippen molar-refractivity contribution in [1.82, 2.24) is 9.62 Å². The predicted octanol–water partition coefficient (Wildman–Crippen LogP) is 1.17. The van der Waals surface area contributed by atoms with Crippen molar-refractivity contribution in [2.45, 2.75) is 23.8 Å². The molecule has 1 unspecified atom stereocenters. The summed E-state index contributed by atoms with van der Waals surface area (Å²) in [5.41, 5.74) is 0.741. The number of rotatable bonds is 5. The van der Waals surface area contributed by atoms with Crippen LogP contribution in [0.4, 0.5) is 5.69 Å². The average Bonchev–Trinajstić information content (AvgIpc) is 3.15. The van der Waals surface area contributed by atoms with Gasteiger partial charge in [0.2, 0.25) is 10.0 Å². The van der Waals surface area contributed by atoms with Crippen LogP contribution in [-0.2, 0) is 19.5 Å². The molecule has 3 rings (SSSR count). The van der Waals surface area contributed by atoms with Gasteiger partial charge in [0.1, 0.15) is 0 Å². The standard InChI is InChI=1S/C16H23N3O4S2/c20-25(21,19-7-10-22-11-8-19)15-5-3-13(4-6-15)18-16(24)17-12-14-2-1-9-23-14/h3-6,14H,1-2,7-12H2,(H2,17,18,24). The Labute approximate surface area is 153 Å². The maximum Gasteiger partial charge on any atom is 0.243 e. The summed E-state index contributed by atoms with van der Waals surface area (Å²) in [7, 11) is -3.47. The number of nitrogens with zero attached hydrogens (tertiary/aromatic N) is 1. The fourth-order valence-electron chi connectivity index (χ4n) is 2.83. The summed E-state index contributed by atoms with van der Waals surface area (Å²) in [5.74, 6) is 0. The molecule has 1 aromatic rings. The van der Waals surface area contributed by atoms with Gasteiger partial charge in [-0.15, -0.1) is 0 Å². The molecule has 0 bridgehead atoms. The molecule has 2 aliphatic heterocycles. The molecule has 2 fully saturated rings. The number of benzene rings is 1. The summed E-state index contributed by atoms with van der Waals surface area (Å²) in [6.07, 6.45) is 2.34. The van der Waals surface area contributed by atoms with Crippen LogP contribution in [0.3, 0.4) is 0 Å². The van der Waals surface area contributed by atoms with Gasteiger partial charge in [-0.1, -0.05) is 0 Å². The van der Waals surface area contributed by atoms with Crippen LogP contribution < -0.4 is 10.6 Å². The first kappa shape index (κ1) is 18.5. The van der Waals surface area contributed by atoms with E-state index in [-0.39, 0.29) is 11.0 Å². The van der Waals surface area contributed by atoms with Gasteiger partial charge in [-0.05, 0) is 49.3 Å². The van der Waals surface area contributed by atoms with Crippen molar-refractivity contribution >= 4 is 33.0 Å². The Morgan fingerprint density at radius 3 is 2.56 bits per heavy atom. The second-order valence-electron chi connectivity index (χ2n) is 6.01. The number of ether oxygens (including phenoxy) is 2. The monoisotopic (exact) mass is 385 g/mol. The molecule has 0 saturated carbocycles. The third-order valence-corrected chi connectivity index (χ3v) is 6.39. The topological polar surface area (TPSA) is 79.9 Å². The summed E-state index contributed by atoms with van der Waals surface area (Å²) in [5, 5.41) is 6.68. The molecule has 7 nitrogen and oxygen atoms in total. The average molecular weight is 386 g/mol. The number of hydrogen-bond acceptors (Lipinski definition) is 5. The molecule has 2 saturated heterocycles. The van der Waals surface area contributed by atoms with Gasteiger partial charge in [-0.25, -0.2) is 8.42 Å². The lowest BCUT2D eigenvalue weighted by Crippen LogP contribution is -2.40. The van der Waals surface area contributed by atoms with Gasteiger partial charge < -0.3 is 20.1 Å². The Hall–Kier alpha value is -1.26. The Morgan fingerprint density at radius 2 is 1.92 bits per heavy atom. The SMILES string of the molecule is O=S(=O)(c1ccc(NC(=S)NCC2CCCO2)cc1)N1CCOCC1. The molecule has 0 radical (unpaired) electrons. The van der Waals surface area contributed by atoms with Crippen LogP contribution in [0.2, 0.25) is 0 Å². The predicted molar refractivity (Wildman–Crippen MR) is 99.2 cm³/mol. The van der Waals surface area contributed by atoms with E-state index in [1.54, 1.807) is 24.3 Å². The smallest absolute Gasteiger partial charge is 0.243 e. The van der Waals surface area contributed by atoms with Crippen LogP contribution in [0.5, 0.6) is 0 Å². The first-order valence-electron chi connectivity index (χ1n) is 8.40. The summed E-state index contributed by atoms with van der Waals surface area (Å²) in [6, 6.07) is 6.62. The number of hydrogen-bond donors (Lipinski definition) is 2. The Kier molecular flexibility index (Phi) is 6.24. The summed E-state index contributed by atoms with van der Waals surface area (Å²) in [6.45, 7) is 3.13. The second kappa shape index (κ2) is 8.41. The Balaban J connectivity index is 1.55. The Morgan fingerprint density at radius 1 is 1.20 bits per heavy atom. The molecule has 0 aliphatic carbocycles. The highest BCUT2D eigenvalue weighted by Gasteiger charge is 2.26. The number of thiocarbonyl (C=S) groups is 1. The molecule has 1 atom stereocenters. The summed E-state index contributed by atoms with van der Waals surface area (Å²) >= 11 is 5.26. The third-order valence-electron chi connectivity index (χ3n) is 4.23. The van der Waals surface area contributed by atoms with E-state index >= 15 is 0 Å². The van der Waals surface area contributed by atoms with Gasteiger partial charge in [0.25, 0.3) is 0 Å². The summed E-state index contributed by atoms with van der Waals surface area (Å²) < 4.78 is 37.3. The molecule has 138 valence electrons. The van der Waals surface area contributed by atoms with Crippen LogP contribution in [-0.4, -0.2) is 63.4 Å². The van der Waals surface area contributed by atoms with Gasteiger partial charge in [-0.2, -0.15) is 4.31 Å². The normalized spacial score (nSPS) is 21.8. The Bertz CT molecular complexity index is 682. The highest BCUT2D eigenvalue weighted by atomic mass is 32.2. The number of nitrogens with one attached hydrogen (secondary N) is 2. The third kappa shape index (κ3) is 4.89. The van der Waals surface area contributed by atoms with Gasteiger partial charge >= 0.3 is 0 Å². The molecule has 1 aromatic carbocycles. The lowest BCUT2D eigenvalue weighted by Gasteiger charge is -2.26. The van der Waals surface area contributed by atoms with E-state index in [4.69, 9.17) is 21.7 Å². The minimum atomic E-state index is -3.47.